The first-order chi connectivity index (χ1) is 14.5. The fraction of sp³-hybridized carbons (Fsp3) is 0.280. The van der Waals surface area contributed by atoms with Crippen LogP contribution in [-0.4, -0.2) is 21.0 Å². The largest absolute Gasteiger partial charge is 0.494 e. The van der Waals surface area contributed by atoms with Crippen molar-refractivity contribution >= 4 is 11.0 Å². The molecule has 0 saturated carbocycles. The Bertz CT molecular complexity index is 1220. The van der Waals surface area contributed by atoms with Crippen LogP contribution in [0.1, 0.15) is 29.7 Å². The van der Waals surface area contributed by atoms with Crippen molar-refractivity contribution in [2.75, 3.05) is 6.61 Å². The van der Waals surface area contributed by atoms with Crippen molar-refractivity contribution in [3.63, 3.8) is 0 Å². The van der Waals surface area contributed by atoms with E-state index in [9.17, 15) is 4.79 Å². The third-order valence-electron chi connectivity index (χ3n) is 5.33. The summed E-state index contributed by atoms with van der Waals surface area (Å²) in [6.45, 7) is 7.29. The molecule has 2 heterocycles. The zero-order valence-corrected chi connectivity index (χ0v) is 17.8. The van der Waals surface area contributed by atoms with Crippen LogP contribution in [0.25, 0.3) is 16.7 Å². The van der Waals surface area contributed by atoms with Crippen molar-refractivity contribution in [2.24, 2.45) is 0 Å². The number of ether oxygens (including phenoxy) is 1. The van der Waals surface area contributed by atoms with E-state index in [0.717, 1.165) is 46.6 Å². The maximum Gasteiger partial charge on any atom is 0.252 e. The standard InChI is InChI=1S/C25H27N3O2/c1-18-10-9-13-22(16-18)30-15-8-7-14-27-23(29)17-19(2)24-20(3)26-28(25(24)27)21-11-5-4-6-12-21/h4-6,9-13,16-17H,7-8,14-15H2,1-3H3. The van der Waals surface area contributed by atoms with Crippen LogP contribution in [0.2, 0.25) is 0 Å². The fourth-order valence-electron chi connectivity index (χ4n) is 3.90. The first-order valence-electron chi connectivity index (χ1n) is 10.4. The summed E-state index contributed by atoms with van der Waals surface area (Å²) in [7, 11) is 0. The number of fused-ring (bicyclic) bond motifs is 1. The number of unbranched alkanes of at least 4 members (excludes halogenated alkanes) is 1. The molecular weight excluding hydrogens is 374 g/mol. The van der Waals surface area contributed by atoms with Gasteiger partial charge in [-0.05, 0) is 69.0 Å². The van der Waals surface area contributed by atoms with Gasteiger partial charge in [0, 0.05) is 18.0 Å². The third-order valence-corrected chi connectivity index (χ3v) is 5.33. The monoisotopic (exact) mass is 401 g/mol. The number of para-hydroxylation sites is 1. The summed E-state index contributed by atoms with van der Waals surface area (Å²) < 4.78 is 9.59. The van der Waals surface area contributed by atoms with Gasteiger partial charge in [0.15, 0.2) is 0 Å². The SMILES string of the molecule is Cc1cccc(OCCCCn2c(=O)cc(C)c3c(C)nn(-c4ccccc4)c32)c1. The smallest absolute Gasteiger partial charge is 0.252 e. The predicted octanol–water partition coefficient (Wildman–Crippen LogP) is 4.97. The Balaban J connectivity index is 1.57. The quantitative estimate of drug-likeness (QED) is 0.411. The molecule has 0 atom stereocenters. The second-order valence-corrected chi connectivity index (χ2v) is 7.72. The lowest BCUT2D eigenvalue weighted by Crippen LogP contribution is -2.22. The molecule has 0 amide bonds. The maximum absolute atomic E-state index is 12.9. The van der Waals surface area contributed by atoms with Gasteiger partial charge in [0.05, 0.1) is 18.0 Å². The molecule has 4 aromatic rings. The Hall–Kier alpha value is -3.34. The van der Waals surface area contributed by atoms with E-state index >= 15 is 0 Å². The topological polar surface area (TPSA) is 49.1 Å². The van der Waals surface area contributed by atoms with Crippen LogP contribution in [0, 0.1) is 20.8 Å². The molecule has 0 spiro atoms. The van der Waals surface area contributed by atoms with Crippen LogP contribution in [-0.2, 0) is 6.54 Å². The predicted molar refractivity (Wildman–Crippen MR) is 121 cm³/mol. The molecule has 0 aliphatic carbocycles. The van der Waals surface area contributed by atoms with Gasteiger partial charge in [-0.1, -0.05) is 30.3 Å². The summed E-state index contributed by atoms with van der Waals surface area (Å²) in [6, 6.07) is 19.8. The minimum atomic E-state index is 0.0108. The molecular formula is C25H27N3O2. The summed E-state index contributed by atoms with van der Waals surface area (Å²) in [5, 5.41) is 5.80. The van der Waals surface area contributed by atoms with E-state index in [1.54, 1.807) is 6.07 Å². The Morgan fingerprint density at radius 1 is 0.933 bits per heavy atom. The summed E-state index contributed by atoms with van der Waals surface area (Å²) in [6.07, 6.45) is 1.72. The number of aryl methyl sites for hydroxylation is 4. The summed E-state index contributed by atoms with van der Waals surface area (Å²) in [5.41, 5.74) is 4.92. The molecule has 0 aliphatic heterocycles. The molecule has 4 rings (SSSR count). The molecule has 0 bridgehead atoms. The molecule has 5 nitrogen and oxygen atoms in total. The second-order valence-electron chi connectivity index (χ2n) is 7.72. The lowest BCUT2D eigenvalue weighted by Gasteiger charge is -2.13. The van der Waals surface area contributed by atoms with Crippen LogP contribution in [0.4, 0.5) is 0 Å². The van der Waals surface area contributed by atoms with E-state index in [1.165, 1.54) is 5.56 Å². The van der Waals surface area contributed by atoms with Crippen molar-refractivity contribution in [1.29, 1.82) is 0 Å². The van der Waals surface area contributed by atoms with E-state index in [-0.39, 0.29) is 5.56 Å². The lowest BCUT2D eigenvalue weighted by atomic mass is 10.1. The van der Waals surface area contributed by atoms with E-state index in [4.69, 9.17) is 9.84 Å². The number of rotatable bonds is 7. The van der Waals surface area contributed by atoms with Gasteiger partial charge in [-0.3, -0.25) is 9.36 Å². The van der Waals surface area contributed by atoms with Gasteiger partial charge in [0.1, 0.15) is 11.4 Å². The number of aromatic nitrogens is 3. The van der Waals surface area contributed by atoms with Gasteiger partial charge < -0.3 is 4.74 Å². The molecule has 2 aromatic heterocycles. The third kappa shape index (κ3) is 4.01. The van der Waals surface area contributed by atoms with Gasteiger partial charge in [0.25, 0.3) is 5.56 Å². The average molecular weight is 402 g/mol. The molecule has 0 radical (unpaired) electrons. The number of pyridine rings is 1. The van der Waals surface area contributed by atoms with Crippen LogP contribution < -0.4 is 10.3 Å². The van der Waals surface area contributed by atoms with Gasteiger partial charge in [-0.25, -0.2) is 4.68 Å². The van der Waals surface area contributed by atoms with Crippen molar-refractivity contribution in [1.82, 2.24) is 14.3 Å². The zero-order valence-electron chi connectivity index (χ0n) is 17.8. The number of hydrogen-bond acceptors (Lipinski definition) is 3. The van der Waals surface area contributed by atoms with Gasteiger partial charge in [-0.15, -0.1) is 0 Å². The minimum Gasteiger partial charge on any atom is -0.494 e. The lowest BCUT2D eigenvalue weighted by molar-refractivity contribution is 0.303. The van der Waals surface area contributed by atoms with E-state index in [1.807, 2.05) is 71.6 Å². The molecule has 0 aliphatic rings. The number of benzene rings is 2. The summed E-state index contributed by atoms with van der Waals surface area (Å²) in [4.78, 5) is 12.9. The number of hydrogen-bond donors (Lipinski definition) is 0. The summed E-state index contributed by atoms with van der Waals surface area (Å²) in [5.74, 6) is 0.891. The molecule has 5 heteroatoms. The first kappa shape index (κ1) is 20.0. The highest BCUT2D eigenvalue weighted by atomic mass is 16.5. The van der Waals surface area contributed by atoms with Crippen molar-refractivity contribution in [3.8, 4) is 11.4 Å². The second kappa shape index (κ2) is 8.57. The normalized spacial score (nSPS) is 11.2. The molecule has 0 saturated heterocycles. The van der Waals surface area contributed by atoms with Crippen molar-refractivity contribution in [3.05, 3.63) is 87.8 Å². The van der Waals surface area contributed by atoms with Crippen molar-refractivity contribution in [2.45, 2.75) is 40.2 Å². The Labute approximate surface area is 176 Å². The van der Waals surface area contributed by atoms with Crippen LogP contribution in [0.15, 0.2) is 65.5 Å². The molecule has 2 aromatic carbocycles. The van der Waals surface area contributed by atoms with E-state index < -0.39 is 0 Å². The first-order valence-corrected chi connectivity index (χ1v) is 10.4. The molecule has 154 valence electrons. The maximum atomic E-state index is 12.9. The highest BCUT2D eigenvalue weighted by Gasteiger charge is 2.16. The average Bonchev–Trinajstić information content (AvgIpc) is 3.08. The van der Waals surface area contributed by atoms with Crippen LogP contribution in [0.5, 0.6) is 5.75 Å². The molecule has 0 unspecified atom stereocenters. The Kier molecular flexibility index (Phi) is 5.70. The molecule has 0 N–H and O–H groups in total. The van der Waals surface area contributed by atoms with Crippen LogP contribution in [0.3, 0.4) is 0 Å². The van der Waals surface area contributed by atoms with Crippen molar-refractivity contribution < 1.29 is 4.74 Å². The van der Waals surface area contributed by atoms with Gasteiger partial charge in [0.2, 0.25) is 0 Å². The molecule has 0 fully saturated rings. The Morgan fingerprint density at radius 2 is 1.73 bits per heavy atom. The highest BCUT2D eigenvalue weighted by Crippen LogP contribution is 2.24. The van der Waals surface area contributed by atoms with E-state index in [2.05, 4.69) is 13.0 Å². The number of nitrogens with zero attached hydrogens (tertiary/aromatic N) is 3. The highest BCUT2D eigenvalue weighted by molar-refractivity contribution is 5.83. The Morgan fingerprint density at radius 3 is 2.50 bits per heavy atom. The van der Waals surface area contributed by atoms with Gasteiger partial charge >= 0.3 is 0 Å². The van der Waals surface area contributed by atoms with Crippen LogP contribution >= 0.6 is 0 Å². The van der Waals surface area contributed by atoms with Gasteiger partial charge in [-0.2, -0.15) is 5.10 Å². The van der Waals surface area contributed by atoms with E-state index in [0.29, 0.717) is 13.2 Å². The fourth-order valence-corrected chi connectivity index (χ4v) is 3.90. The summed E-state index contributed by atoms with van der Waals surface area (Å²) >= 11 is 0. The molecule has 30 heavy (non-hydrogen) atoms. The zero-order chi connectivity index (χ0) is 21.1. The minimum absolute atomic E-state index is 0.0108.